The molecular formula is C12H18N6S. The van der Waals surface area contributed by atoms with Gasteiger partial charge in [-0.1, -0.05) is 0 Å². The van der Waals surface area contributed by atoms with E-state index in [1.165, 1.54) is 0 Å². The van der Waals surface area contributed by atoms with Gasteiger partial charge >= 0.3 is 0 Å². The summed E-state index contributed by atoms with van der Waals surface area (Å²) in [6, 6.07) is 2.09. The van der Waals surface area contributed by atoms with Crippen molar-refractivity contribution in [1.82, 2.24) is 14.9 Å². The first-order valence-corrected chi connectivity index (χ1v) is 7.31. The third-order valence-corrected chi connectivity index (χ3v) is 4.26. The summed E-state index contributed by atoms with van der Waals surface area (Å²) in [5.74, 6) is 6.95. The van der Waals surface area contributed by atoms with E-state index in [2.05, 4.69) is 38.3 Å². The summed E-state index contributed by atoms with van der Waals surface area (Å²) < 4.78 is 0. The fraction of sp³-hybridized carbons (Fsp3) is 0.500. The predicted molar refractivity (Wildman–Crippen MR) is 79.6 cm³/mol. The van der Waals surface area contributed by atoms with Crippen LogP contribution in [0.4, 0.5) is 11.8 Å². The smallest absolute Gasteiger partial charge is 0.240 e. The molecule has 0 atom stereocenters. The number of nitrogen functional groups attached to an aromatic ring is 1. The molecule has 1 aliphatic heterocycles. The Hall–Kier alpha value is -1.44. The minimum atomic E-state index is 0.488. The van der Waals surface area contributed by atoms with Gasteiger partial charge < -0.3 is 9.80 Å². The second kappa shape index (κ2) is 5.28. The van der Waals surface area contributed by atoms with Crippen LogP contribution >= 0.6 is 11.3 Å². The molecule has 0 saturated carbocycles. The van der Waals surface area contributed by atoms with Crippen molar-refractivity contribution in [3.05, 3.63) is 11.4 Å². The summed E-state index contributed by atoms with van der Waals surface area (Å²) in [5, 5.41) is 3.17. The summed E-state index contributed by atoms with van der Waals surface area (Å²) >= 11 is 1.62. The molecular weight excluding hydrogens is 260 g/mol. The van der Waals surface area contributed by atoms with Gasteiger partial charge in [0.15, 0.2) is 0 Å². The third-order valence-electron chi connectivity index (χ3n) is 3.45. The van der Waals surface area contributed by atoms with Crippen LogP contribution in [-0.2, 0) is 0 Å². The Labute approximate surface area is 116 Å². The first-order valence-electron chi connectivity index (χ1n) is 6.43. The number of likely N-dealkylation sites (N-methyl/N-ethyl adjacent to an activating group) is 1. The van der Waals surface area contributed by atoms with Gasteiger partial charge in [-0.2, -0.15) is 4.98 Å². The van der Waals surface area contributed by atoms with Crippen LogP contribution in [-0.4, -0.2) is 48.1 Å². The molecule has 0 radical (unpaired) electrons. The number of nitrogens with one attached hydrogen (secondary N) is 1. The lowest BCUT2D eigenvalue weighted by Crippen LogP contribution is -2.30. The average Bonchev–Trinajstić information content (AvgIpc) is 2.79. The fourth-order valence-corrected chi connectivity index (χ4v) is 3.16. The van der Waals surface area contributed by atoms with Crippen molar-refractivity contribution in [2.75, 3.05) is 43.6 Å². The Kier molecular flexibility index (Phi) is 3.50. The maximum absolute atomic E-state index is 5.46. The number of anilines is 2. The second-order valence-electron chi connectivity index (χ2n) is 4.80. The van der Waals surface area contributed by atoms with Gasteiger partial charge in [-0.3, -0.25) is 5.43 Å². The molecule has 0 spiro atoms. The minimum Gasteiger partial charge on any atom is -0.355 e. The normalized spacial score (nSPS) is 17.7. The number of fused-ring (bicyclic) bond motifs is 1. The van der Waals surface area contributed by atoms with Crippen molar-refractivity contribution < 1.29 is 0 Å². The van der Waals surface area contributed by atoms with Gasteiger partial charge in [0.1, 0.15) is 10.6 Å². The van der Waals surface area contributed by atoms with Crippen molar-refractivity contribution in [1.29, 1.82) is 0 Å². The van der Waals surface area contributed by atoms with Crippen molar-refractivity contribution in [3.63, 3.8) is 0 Å². The van der Waals surface area contributed by atoms with Crippen LogP contribution < -0.4 is 16.2 Å². The van der Waals surface area contributed by atoms with Crippen LogP contribution in [0.25, 0.3) is 10.2 Å². The first-order chi connectivity index (χ1) is 9.28. The highest BCUT2D eigenvalue weighted by Gasteiger charge is 2.18. The Morgan fingerprint density at radius 2 is 2.16 bits per heavy atom. The summed E-state index contributed by atoms with van der Waals surface area (Å²) in [7, 11) is 2.16. The van der Waals surface area contributed by atoms with E-state index in [1.54, 1.807) is 11.3 Å². The average molecular weight is 278 g/mol. The topological polar surface area (TPSA) is 70.3 Å². The number of rotatable bonds is 2. The lowest BCUT2D eigenvalue weighted by Gasteiger charge is -2.22. The zero-order valence-corrected chi connectivity index (χ0v) is 11.8. The van der Waals surface area contributed by atoms with E-state index < -0.39 is 0 Å². The molecule has 2 aromatic heterocycles. The monoisotopic (exact) mass is 278 g/mol. The zero-order valence-electron chi connectivity index (χ0n) is 11.0. The molecule has 0 amide bonds. The molecule has 3 heterocycles. The molecule has 0 unspecified atom stereocenters. The molecule has 102 valence electrons. The van der Waals surface area contributed by atoms with Crippen molar-refractivity contribution in [3.8, 4) is 0 Å². The SMILES string of the molecule is CN1CCCN(c2nc(NN)nc3sccc23)CC1. The minimum absolute atomic E-state index is 0.488. The molecule has 0 bridgehead atoms. The van der Waals surface area contributed by atoms with Gasteiger partial charge in [0, 0.05) is 19.6 Å². The number of thiophene rings is 1. The number of hydrazine groups is 1. The molecule has 2 aromatic rings. The summed E-state index contributed by atoms with van der Waals surface area (Å²) in [5.41, 5.74) is 2.56. The Bertz CT molecular complexity index is 568. The summed E-state index contributed by atoms with van der Waals surface area (Å²) in [6.45, 7) is 4.20. The van der Waals surface area contributed by atoms with Crippen LogP contribution in [0.2, 0.25) is 0 Å². The van der Waals surface area contributed by atoms with E-state index >= 15 is 0 Å². The lowest BCUT2D eigenvalue weighted by molar-refractivity contribution is 0.360. The van der Waals surface area contributed by atoms with E-state index in [0.717, 1.165) is 48.6 Å². The van der Waals surface area contributed by atoms with Gasteiger partial charge in [-0.25, -0.2) is 10.8 Å². The van der Waals surface area contributed by atoms with Crippen LogP contribution in [0, 0.1) is 0 Å². The van der Waals surface area contributed by atoms with Crippen molar-refractivity contribution >= 4 is 33.3 Å². The molecule has 0 aromatic carbocycles. The van der Waals surface area contributed by atoms with E-state index in [0.29, 0.717) is 5.95 Å². The maximum Gasteiger partial charge on any atom is 0.240 e. The van der Waals surface area contributed by atoms with E-state index in [4.69, 9.17) is 5.84 Å². The summed E-state index contributed by atoms with van der Waals surface area (Å²) in [6.07, 6.45) is 1.15. The predicted octanol–water partition coefficient (Wildman–Crippen LogP) is 1.12. The Morgan fingerprint density at radius 1 is 1.26 bits per heavy atom. The number of hydrogen-bond acceptors (Lipinski definition) is 7. The van der Waals surface area contributed by atoms with Crippen molar-refractivity contribution in [2.45, 2.75) is 6.42 Å². The zero-order chi connectivity index (χ0) is 13.2. The number of hydrogen-bond donors (Lipinski definition) is 2. The van der Waals surface area contributed by atoms with Gasteiger partial charge in [0.05, 0.1) is 5.39 Å². The van der Waals surface area contributed by atoms with Gasteiger partial charge in [-0.15, -0.1) is 11.3 Å². The molecule has 19 heavy (non-hydrogen) atoms. The highest BCUT2D eigenvalue weighted by molar-refractivity contribution is 7.16. The fourth-order valence-electron chi connectivity index (χ4n) is 2.40. The molecule has 6 nitrogen and oxygen atoms in total. The molecule has 3 rings (SSSR count). The van der Waals surface area contributed by atoms with Crippen molar-refractivity contribution in [2.24, 2.45) is 5.84 Å². The standard InChI is InChI=1S/C12H18N6S/c1-17-4-2-5-18(7-6-17)10-9-3-8-19-11(9)15-12(14-10)16-13/h3,8H,2,4-7,13H2,1H3,(H,14,15,16). The maximum atomic E-state index is 5.46. The van der Waals surface area contributed by atoms with Crippen LogP contribution in [0.15, 0.2) is 11.4 Å². The molecule has 1 fully saturated rings. The molecule has 1 aliphatic rings. The lowest BCUT2D eigenvalue weighted by atomic mass is 10.3. The Morgan fingerprint density at radius 3 is 3.00 bits per heavy atom. The Balaban J connectivity index is 2.00. The van der Waals surface area contributed by atoms with E-state index in [9.17, 15) is 0 Å². The van der Waals surface area contributed by atoms with Gasteiger partial charge in [0.25, 0.3) is 0 Å². The van der Waals surface area contributed by atoms with E-state index in [-0.39, 0.29) is 0 Å². The van der Waals surface area contributed by atoms with Crippen LogP contribution in [0.5, 0.6) is 0 Å². The molecule has 0 aliphatic carbocycles. The highest BCUT2D eigenvalue weighted by atomic mass is 32.1. The third kappa shape index (κ3) is 2.49. The number of nitrogens with two attached hydrogens (primary N) is 1. The highest BCUT2D eigenvalue weighted by Crippen LogP contribution is 2.29. The quantitative estimate of drug-likeness (QED) is 0.633. The molecule has 3 N–H and O–H groups in total. The number of aromatic nitrogens is 2. The molecule has 1 saturated heterocycles. The van der Waals surface area contributed by atoms with Gasteiger partial charge in [0.2, 0.25) is 5.95 Å². The summed E-state index contributed by atoms with van der Waals surface area (Å²) in [4.78, 5) is 14.6. The van der Waals surface area contributed by atoms with Crippen LogP contribution in [0.1, 0.15) is 6.42 Å². The second-order valence-corrected chi connectivity index (χ2v) is 5.69. The number of nitrogens with zero attached hydrogens (tertiary/aromatic N) is 4. The first kappa shape index (κ1) is 12.6. The van der Waals surface area contributed by atoms with E-state index in [1.807, 2.05) is 5.38 Å². The largest absolute Gasteiger partial charge is 0.355 e. The molecule has 7 heteroatoms. The van der Waals surface area contributed by atoms with Gasteiger partial charge in [-0.05, 0) is 31.5 Å². The van der Waals surface area contributed by atoms with Crippen LogP contribution in [0.3, 0.4) is 0 Å².